The normalized spacial score (nSPS) is 26.4. The fourth-order valence-electron chi connectivity index (χ4n) is 2.92. The van der Waals surface area contributed by atoms with Crippen molar-refractivity contribution in [1.82, 2.24) is 0 Å². The molecule has 0 bridgehead atoms. The zero-order valence-electron chi connectivity index (χ0n) is 9.63. The lowest BCUT2D eigenvalue weighted by Gasteiger charge is -2.42. The largest absolute Gasteiger partial charge is 0.365 e. The second kappa shape index (κ2) is 3.82. The number of hydrogen-bond donors (Lipinski definition) is 0. The third-order valence-corrected chi connectivity index (χ3v) is 3.67. The van der Waals surface area contributed by atoms with Crippen LogP contribution in [0.5, 0.6) is 0 Å². The van der Waals surface area contributed by atoms with E-state index < -0.39 is 0 Å². The molecule has 1 aromatic rings. The highest BCUT2D eigenvalue weighted by molar-refractivity contribution is 5.58. The molecule has 1 nitrogen and oxygen atoms in total. The fourth-order valence-corrected chi connectivity index (χ4v) is 2.92. The summed E-state index contributed by atoms with van der Waals surface area (Å²) in [7, 11) is 0. The maximum atomic E-state index is 2.52. The highest BCUT2D eigenvalue weighted by Gasteiger charge is 2.30. The summed E-state index contributed by atoms with van der Waals surface area (Å²) in [6, 6.07) is 9.37. The van der Waals surface area contributed by atoms with Gasteiger partial charge in [-0.1, -0.05) is 42.5 Å². The first-order valence-electron chi connectivity index (χ1n) is 6.09. The SMILES string of the molecule is CCN1c2ccccc2CC2C=CC=CC21. The molecule has 0 spiro atoms. The highest BCUT2D eigenvalue weighted by atomic mass is 15.2. The van der Waals surface area contributed by atoms with Gasteiger partial charge in [0.1, 0.15) is 0 Å². The van der Waals surface area contributed by atoms with Crippen molar-refractivity contribution in [3.8, 4) is 0 Å². The number of hydrogen-bond acceptors (Lipinski definition) is 1. The Morgan fingerprint density at radius 1 is 1.19 bits per heavy atom. The number of benzene rings is 1. The summed E-state index contributed by atoms with van der Waals surface area (Å²) in [5.74, 6) is 0.653. The van der Waals surface area contributed by atoms with Gasteiger partial charge in [0.05, 0.1) is 6.04 Å². The Balaban J connectivity index is 2.07. The topological polar surface area (TPSA) is 3.24 Å². The van der Waals surface area contributed by atoms with E-state index in [2.05, 4.69) is 60.4 Å². The third kappa shape index (κ3) is 1.39. The maximum absolute atomic E-state index is 2.52. The molecule has 0 amide bonds. The summed E-state index contributed by atoms with van der Waals surface area (Å²) in [5, 5.41) is 0. The van der Waals surface area contributed by atoms with Crippen molar-refractivity contribution in [3.63, 3.8) is 0 Å². The van der Waals surface area contributed by atoms with Crippen LogP contribution >= 0.6 is 0 Å². The zero-order valence-corrected chi connectivity index (χ0v) is 9.63. The van der Waals surface area contributed by atoms with Crippen molar-refractivity contribution in [2.45, 2.75) is 19.4 Å². The van der Waals surface area contributed by atoms with Gasteiger partial charge in [0.25, 0.3) is 0 Å². The van der Waals surface area contributed by atoms with Gasteiger partial charge in [0.2, 0.25) is 0 Å². The maximum Gasteiger partial charge on any atom is 0.0542 e. The Hall–Kier alpha value is -1.50. The van der Waals surface area contributed by atoms with Crippen molar-refractivity contribution in [2.24, 2.45) is 5.92 Å². The number of para-hydroxylation sites is 1. The average Bonchev–Trinajstić information content (AvgIpc) is 2.36. The number of rotatable bonds is 1. The standard InChI is InChI=1S/C15H17N/c1-2-16-14-9-5-3-7-12(14)11-13-8-4-6-10-15(13)16/h3-10,12,14H,2,11H2,1H3. The van der Waals surface area contributed by atoms with Gasteiger partial charge in [0, 0.05) is 18.2 Å². The molecule has 1 heteroatoms. The molecular weight excluding hydrogens is 194 g/mol. The average molecular weight is 211 g/mol. The molecule has 0 saturated carbocycles. The van der Waals surface area contributed by atoms with Crippen molar-refractivity contribution >= 4 is 5.69 Å². The Bertz CT molecular complexity index is 445. The molecule has 0 saturated heterocycles. The van der Waals surface area contributed by atoms with Crippen LogP contribution in [0.4, 0.5) is 5.69 Å². The minimum atomic E-state index is 0.560. The first-order valence-corrected chi connectivity index (χ1v) is 6.09. The molecule has 0 N–H and O–H groups in total. The number of fused-ring (bicyclic) bond motifs is 2. The second-order valence-corrected chi connectivity index (χ2v) is 4.54. The van der Waals surface area contributed by atoms with E-state index in [1.807, 2.05) is 0 Å². The van der Waals surface area contributed by atoms with Crippen LogP contribution < -0.4 is 4.90 Å². The summed E-state index contributed by atoms with van der Waals surface area (Å²) in [5.41, 5.74) is 2.91. The molecule has 1 aliphatic heterocycles. The monoisotopic (exact) mass is 211 g/mol. The van der Waals surface area contributed by atoms with E-state index in [1.54, 1.807) is 0 Å². The van der Waals surface area contributed by atoms with Crippen LogP contribution in [-0.2, 0) is 6.42 Å². The molecule has 16 heavy (non-hydrogen) atoms. The Morgan fingerprint density at radius 3 is 2.88 bits per heavy atom. The predicted molar refractivity (Wildman–Crippen MR) is 68.7 cm³/mol. The Labute approximate surface area is 97.1 Å². The third-order valence-electron chi connectivity index (χ3n) is 3.67. The lowest BCUT2D eigenvalue weighted by Crippen LogP contribution is -2.44. The summed E-state index contributed by atoms with van der Waals surface area (Å²) >= 11 is 0. The van der Waals surface area contributed by atoms with Gasteiger partial charge in [0.15, 0.2) is 0 Å². The van der Waals surface area contributed by atoms with E-state index in [-0.39, 0.29) is 0 Å². The number of nitrogens with zero attached hydrogens (tertiary/aromatic N) is 1. The van der Waals surface area contributed by atoms with Gasteiger partial charge in [-0.15, -0.1) is 0 Å². The Kier molecular flexibility index (Phi) is 2.32. The molecule has 1 aromatic carbocycles. The summed E-state index contributed by atoms with van der Waals surface area (Å²) in [6.45, 7) is 3.32. The molecule has 1 aliphatic carbocycles. The van der Waals surface area contributed by atoms with Crippen LogP contribution in [0.2, 0.25) is 0 Å². The molecule has 0 fully saturated rings. The van der Waals surface area contributed by atoms with Gasteiger partial charge in [-0.05, 0) is 25.0 Å². The summed E-state index contributed by atoms with van der Waals surface area (Å²) < 4.78 is 0. The predicted octanol–water partition coefficient (Wildman–Crippen LogP) is 3.18. The summed E-state index contributed by atoms with van der Waals surface area (Å²) in [6.07, 6.45) is 10.2. The van der Waals surface area contributed by atoms with E-state index in [0.717, 1.165) is 6.54 Å². The highest BCUT2D eigenvalue weighted by Crippen LogP contribution is 2.35. The molecule has 0 aromatic heterocycles. The van der Waals surface area contributed by atoms with Crippen LogP contribution in [0.15, 0.2) is 48.6 Å². The summed E-state index contributed by atoms with van der Waals surface area (Å²) in [4.78, 5) is 2.52. The smallest absolute Gasteiger partial charge is 0.0542 e. The van der Waals surface area contributed by atoms with Crippen molar-refractivity contribution in [1.29, 1.82) is 0 Å². The fraction of sp³-hybridized carbons (Fsp3) is 0.333. The minimum absolute atomic E-state index is 0.560. The molecule has 2 aliphatic rings. The van der Waals surface area contributed by atoms with Crippen molar-refractivity contribution in [3.05, 3.63) is 54.1 Å². The van der Waals surface area contributed by atoms with E-state index in [1.165, 1.54) is 17.7 Å². The number of likely N-dealkylation sites (N-methyl/N-ethyl adjacent to an activating group) is 1. The molecule has 1 heterocycles. The van der Waals surface area contributed by atoms with E-state index in [0.29, 0.717) is 12.0 Å². The van der Waals surface area contributed by atoms with Gasteiger partial charge in [-0.2, -0.15) is 0 Å². The Morgan fingerprint density at radius 2 is 2.00 bits per heavy atom. The quantitative estimate of drug-likeness (QED) is 0.689. The van der Waals surface area contributed by atoms with Crippen LogP contribution in [0.25, 0.3) is 0 Å². The van der Waals surface area contributed by atoms with Crippen LogP contribution in [0, 0.1) is 5.92 Å². The molecule has 2 unspecified atom stereocenters. The second-order valence-electron chi connectivity index (χ2n) is 4.54. The van der Waals surface area contributed by atoms with E-state index >= 15 is 0 Å². The first-order chi connectivity index (χ1) is 7.90. The molecular formula is C15H17N. The van der Waals surface area contributed by atoms with Gasteiger partial charge >= 0.3 is 0 Å². The molecule has 82 valence electrons. The van der Waals surface area contributed by atoms with Crippen LogP contribution in [0.3, 0.4) is 0 Å². The number of anilines is 1. The molecule has 3 rings (SSSR count). The van der Waals surface area contributed by atoms with Gasteiger partial charge < -0.3 is 4.90 Å². The minimum Gasteiger partial charge on any atom is -0.365 e. The van der Waals surface area contributed by atoms with E-state index in [9.17, 15) is 0 Å². The van der Waals surface area contributed by atoms with Gasteiger partial charge in [-0.25, -0.2) is 0 Å². The van der Waals surface area contributed by atoms with Gasteiger partial charge in [-0.3, -0.25) is 0 Å². The zero-order chi connectivity index (χ0) is 11.0. The molecule has 2 atom stereocenters. The van der Waals surface area contributed by atoms with Crippen molar-refractivity contribution in [2.75, 3.05) is 11.4 Å². The first kappa shape index (κ1) is 9.71. The lowest BCUT2D eigenvalue weighted by molar-refractivity contribution is 0.503. The number of allylic oxidation sites excluding steroid dienone is 2. The van der Waals surface area contributed by atoms with E-state index in [4.69, 9.17) is 0 Å². The van der Waals surface area contributed by atoms with Crippen molar-refractivity contribution < 1.29 is 0 Å². The van der Waals surface area contributed by atoms with Crippen LogP contribution in [0.1, 0.15) is 12.5 Å². The lowest BCUT2D eigenvalue weighted by atomic mass is 9.83. The molecule has 0 radical (unpaired) electrons. The van der Waals surface area contributed by atoms with Crippen LogP contribution in [-0.4, -0.2) is 12.6 Å².